The summed E-state index contributed by atoms with van der Waals surface area (Å²) in [6.45, 7) is 2.34. The van der Waals surface area contributed by atoms with Crippen molar-refractivity contribution in [2.45, 2.75) is 81.8 Å². The van der Waals surface area contributed by atoms with Crippen LogP contribution in [0, 0.1) is 34.5 Å². The van der Waals surface area contributed by atoms with Crippen molar-refractivity contribution in [1.29, 1.82) is 0 Å². The molecule has 0 saturated heterocycles. The van der Waals surface area contributed by atoms with E-state index in [4.69, 9.17) is 5.11 Å². The van der Waals surface area contributed by atoms with Crippen LogP contribution >= 0.6 is 23.1 Å². The summed E-state index contributed by atoms with van der Waals surface area (Å²) in [5.74, 6) is 1.84. The van der Waals surface area contributed by atoms with Crippen molar-refractivity contribution in [3.63, 3.8) is 0 Å². The molecule has 4 fully saturated rings. The van der Waals surface area contributed by atoms with Crippen molar-refractivity contribution < 1.29 is 19.5 Å². The van der Waals surface area contributed by atoms with Crippen molar-refractivity contribution in [2.24, 2.45) is 34.5 Å². The maximum Gasteiger partial charge on any atom is 0.327 e. The van der Waals surface area contributed by atoms with E-state index in [0.29, 0.717) is 33.0 Å². The zero-order chi connectivity index (χ0) is 23.9. The molecule has 4 aliphatic rings. The van der Waals surface area contributed by atoms with Crippen molar-refractivity contribution in [3.05, 3.63) is 6.20 Å². The second-order valence-corrected chi connectivity index (χ2v) is 13.4. The van der Waals surface area contributed by atoms with Crippen LogP contribution in [-0.2, 0) is 9.59 Å². The smallest absolute Gasteiger partial charge is 0.327 e. The molecule has 7 nitrogen and oxygen atoms in total. The summed E-state index contributed by atoms with van der Waals surface area (Å²) < 4.78 is 0.709. The zero-order valence-corrected chi connectivity index (χ0v) is 21.4. The number of hydrogen-bond acceptors (Lipinski definition) is 6. The van der Waals surface area contributed by atoms with Crippen LogP contribution in [0.2, 0.25) is 0 Å². The Bertz CT molecular complexity index is 952. The van der Waals surface area contributed by atoms with Gasteiger partial charge in [-0.2, -0.15) is 0 Å². The Balaban J connectivity index is 1.16. The summed E-state index contributed by atoms with van der Waals surface area (Å²) in [5.41, 5.74) is 0.495. The predicted molar refractivity (Wildman–Crippen MR) is 133 cm³/mol. The van der Waals surface area contributed by atoms with Crippen LogP contribution < -0.4 is 10.6 Å². The fourth-order valence-corrected chi connectivity index (χ4v) is 9.17. The Morgan fingerprint density at radius 1 is 1.18 bits per heavy atom. The number of nitrogens with zero attached hydrogens (tertiary/aromatic N) is 1. The van der Waals surface area contributed by atoms with E-state index in [1.807, 2.05) is 0 Å². The molecule has 1 aromatic rings. The van der Waals surface area contributed by atoms with Gasteiger partial charge in [0.2, 0.25) is 5.91 Å². The molecule has 3 amide bonds. The highest BCUT2D eigenvalue weighted by Crippen LogP contribution is 2.96. The number of carbonyl (C=O) groups is 3. The number of aliphatic carboxylic acids is 1. The van der Waals surface area contributed by atoms with Crippen LogP contribution in [-0.4, -0.2) is 33.8 Å². The van der Waals surface area contributed by atoms with Crippen LogP contribution in [0.25, 0.3) is 0 Å². The van der Waals surface area contributed by atoms with Gasteiger partial charge in [-0.3, -0.25) is 20.2 Å². The SMILES string of the molecule is CC1CCC2(CC1)C1C(CC3CCCCC3)C12CC(=O)NC(=O)Nc1ncc(SCC(=O)O)s1. The normalized spacial score (nSPS) is 34.3. The molecular formula is C25H35N3O4S2. The van der Waals surface area contributed by atoms with Gasteiger partial charge < -0.3 is 5.11 Å². The quantitative estimate of drug-likeness (QED) is 0.387. The maximum atomic E-state index is 13.0. The summed E-state index contributed by atoms with van der Waals surface area (Å²) in [4.78, 5) is 40.2. The van der Waals surface area contributed by atoms with E-state index in [-0.39, 0.29) is 17.1 Å². The molecule has 1 heterocycles. The minimum Gasteiger partial charge on any atom is -0.481 e. The zero-order valence-electron chi connectivity index (χ0n) is 19.8. The molecular weight excluding hydrogens is 470 g/mol. The number of thioether (sulfide) groups is 1. The summed E-state index contributed by atoms with van der Waals surface area (Å²) in [7, 11) is 0. The molecule has 3 unspecified atom stereocenters. The number of aromatic nitrogens is 1. The van der Waals surface area contributed by atoms with Crippen molar-refractivity contribution in [1.82, 2.24) is 10.3 Å². The molecule has 1 spiro atoms. The van der Waals surface area contributed by atoms with E-state index < -0.39 is 12.0 Å². The van der Waals surface area contributed by atoms with Crippen LogP contribution in [0.1, 0.15) is 77.6 Å². The summed E-state index contributed by atoms with van der Waals surface area (Å²) >= 11 is 2.36. The van der Waals surface area contributed by atoms with Gasteiger partial charge in [-0.05, 0) is 53.8 Å². The van der Waals surface area contributed by atoms with E-state index in [2.05, 4.69) is 22.5 Å². The minimum absolute atomic E-state index is 0.0574. The Morgan fingerprint density at radius 2 is 1.91 bits per heavy atom. The summed E-state index contributed by atoms with van der Waals surface area (Å²) in [6.07, 6.45) is 15.1. The highest BCUT2D eigenvalue weighted by Gasteiger charge is 2.93. The number of fused-ring (bicyclic) bond motifs is 3. The topological polar surface area (TPSA) is 108 Å². The molecule has 9 heteroatoms. The van der Waals surface area contributed by atoms with E-state index >= 15 is 0 Å². The number of anilines is 1. The largest absolute Gasteiger partial charge is 0.481 e. The lowest BCUT2D eigenvalue weighted by Crippen LogP contribution is -2.37. The first-order chi connectivity index (χ1) is 16.3. The molecule has 3 atom stereocenters. The fourth-order valence-electron chi connectivity index (χ4n) is 7.59. The Morgan fingerprint density at radius 3 is 2.62 bits per heavy atom. The minimum atomic E-state index is -0.902. The molecule has 0 aromatic carbocycles. The Labute approximate surface area is 209 Å². The number of amides is 3. The average Bonchev–Trinajstić information content (AvgIpc) is 3.50. The van der Waals surface area contributed by atoms with Crippen LogP contribution in [0.5, 0.6) is 0 Å². The van der Waals surface area contributed by atoms with Gasteiger partial charge in [0.15, 0.2) is 5.13 Å². The van der Waals surface area contributed by atoms with Crippen molar-refractivity contribution in [2.75, 3.05) is 11.1 Å². The summed E-state index contributed by atoms with van der Waals surface area (Å²) in [6, 6.07) is -0.557. The molecule has 4 saturated carbocycles. The monoisotopic (exact) mass is 505 g/mol. The lowest BCUT2D eigenvalue weighted by Gasteiger charge is -2.38. The standard InChI is InChI=1S/C25H35N3O4S2/c1-15-7-9-24(10-8-15)21-17(11-16-5-3-2-4-6-16)25(21,24)12-18(29)27-22(32)28-23-26-13-20(34-23)33-14-19(30)31/h13,15-17,21H,2-12,14H2,1H3,(H,30,31)(H2,26,27,28,29,32). The highest BCUT2D eigenvalue weighted by atomic mass is 32.2. The number of thiazole rings is 1. The molecule has 0 aliphatic heterocycles. The van der Waals surface area contributed by atoms with Crippen LogP contribution in [0.15, 0.2) is 10.4 Å². The van der Waals surface area contributed by atoms with E-state index in [1.165, 1.54) is 81.7 Å². The number of rotatable bonds is 8. The maximum absolute atomic E-state index is 13.0. The molecule has 3 N–H and O–H groups in total. The van der Waals surface area contributed by atoms with E-state index in [9.17, 15) is 14.4 Å². The second-order valence-electron chi connectivity index (χ2n) is 11.0. The molecule has 1 aromatic heterocycles. The number of hydrogen-bond donors (Lipinski definition) is 3. The average molecular weight is 506 g/mol. The molecule has 0 radical (unpaired) electrons. The molecule has 34 heavy (non-hydrogen) atoms. The fraction of sp³-hybridized carbons (Fsp3) is 0.760. The molecule has 186 valence electrons. The number of nitrogens with one attached hydrogen (secondary N) is 2. The van der Waals surface area contributed by atoms with Gasteiger partial charge in [0.05, 0.1) is 16.2 Å². The second kappa shape index (κ2) is 9.45. The van der Waals surface area contributed by atoms with Crippen LogP contribution in [0.4, 0.5) is 9.93 Å². The third-order valence-electron chi connectivity index (χ3n) is 9.18. The van der Waals surface area contributed by atoms with Gasteiger partial charge in [0.1, 0.15) is 0 Å². The first-order valence-corrected chi connectivity index (χ1v) is 14.6. The molecule has 5 rings (SSSR count). The number of urea groups is 1. The number of imide groups is 1. The lowest BCUT2D eigenvalue weighted by molar-refractivity contribution is -0.134. The van der Waals surface area contributed by atoms with Gasteiger partial charge in [-0.1, -0.05) is 63.2 Å². The molecule has 0 bridgehead atoms. The van der Waals surface area contributed by atoms with Gasteiger partial charge in [0.25, 0.3) is 0 Å². The number of carboxylic acid groups (broad SMARTS) is 1. The van der Waals surface area contributed by atoms with Gasteiger partial charge in [-0.15, -0.1) is 11.8 Å². The Hall–Kier alpha value is -1.61. The number of carbonyl (C=O) groups excluding carboxylic acids is 2. The van der Waals surface area contributed by atoms with Crippen molar-refractivity contribution >= 4 is 46.1 Å². The van der Waals surface area contributed by atoms with E-state index in [1.54, 1.807) is 0 Å². The lowest BCUT2D eigenvalue weighted by atomic mass is 9.66. The van der Waals surface area contributed by atoms with E-state index in [0.717, 1.165) is 23.6 Å². The number of carboxylic acids is 1. The van der Waals surface area contributed by atoms with Crippen molar-refractivity contribution in [3.8, 4) is 0 Å². The predicted octanol–water partition coefficient (Wildman–Crippen LogP) is 5.77. The van der Waals surface area contributed by atoms with Gasteiger partial charge in [0, 0.05) is 6.42 Å². The Kier molecular flexibility index (Phi) is 6.70. The third kappa shape index (κ3) is 4.50. The van der Waals surface area contributed by atoms with Crippen LogP contribution in [0.3, 0.4) is 0 Å². The van der Waals surface area contributed by atoms with Gasteiger partial charge >= 0.3 is 12.0 Å². The molecule has 4 aliphatic carbocycles. The van der Waals surface area contributed by atoms with Gasteiger partial charge in [-0.25, -0.2) is 9.78 Å². The first-order valence-electron chi connectivity index (χ1n) is 12.8. The highest BCUT2D eigenvalue weighted by molar-refractivity contribution is 8.01. The third-order valence-corrected chi connectivity index (χ3v) is 11.3. The summed E-state index contributed by atoms with van der Waals surface area (Å²) in [5, 5.41) is 14.3. The first kappa shape index (κ1) is 24.1.